The summed E-state index contributed by atoms with van der Waals surface area (Å²) < 4.78 is 68.7. The van der Waals surface area contributed by atoms with Crippen molar-refractivity contribution >= 4 is 35.8 Å². The predicted octanol–water partition coefficient (Wildman–Crippen LogP) is 0.436. The zero-order chi connectivity index (χ0) is 35.9. The van der Waals surface area contributed by atoms with Crippen LogP contribution in [0.1, 0.15) is 62.3 Å². The van der Waals surface area contributed by atoms with E-state index in [1.807, 2.05) is 13.8 Å². The predicted molar refractivity (Wildman–Crippen MR) is 153 cm³/mol. The molecular formula is C30H44O18. The van der Waals surface area contributed by atoms with Crippen molar-refractivity contribution in [2.45, 2.75) is 130 Å². The molecule has 0 aromatic carbocycles. The maximum Gasteiger partial charge on any atom is 0.303 e. The largest absolute Gasteiger partial charge is 0.463 e. The van der Waals surface area contributed by atoms with Crippen LogP contribution in [0.4, 0.5) is 0 Å². The third kappa shape index (κ3) is 10.8. The van der Waals surface area contributed by atoms with Gasteiger partial charge in [0, 0.05) is 48.5 Å². The Kier molecular flexibility index (Phi) is 13.7. The van der Waals surface area contributed by atoms with Crippen LogP contribution in [0.2, 0.25) is 0 Å². The number of rotatable bonds is 13. The Morgan fingerprint density at radius 1 is 0.604 bits per heavy atom. The minimum Gasteiger partial charge on any atom is -0.463 e. The zero-order valence-electron chi connectivity index (χ0n) is 28.3. The number of carbonyl (C=O) groups excluding carboxylic acids is 6. The van der Waals surface area contributed by atoms with Crippen molar-refractivity contribution in [1.82, 2.24) is 0 Å². The standard InChI is InChI=1S/C30H44O18/c1-13(2)10-39-30(9)47-27-25(42-18(7)35)23(21(12-38-15(4)32)45-29(27)48-30)46-28-26(43-19(8)36)24(41-17(6)34)22(40-16(5)33)20(44-28)11-37-14(3)31/h13,20-29H,10-12H2,1-9H3/t20-,21-,22-,23-,24+,25+,26-,27-,28+,29-,30?/m1/s1. The average molecular weight is 693 g/mol. The van der Waals surface area contributed by atoms with Crippen molar-refractivity contribution in [3.8, 4) is 0 Å². The van der Waals surface area contributed by atoms with Gasteiger partial charge >= 0.3 is 35.8 Å². The first kappa shape index (κ1) is 39.0. The molecule has 3 aliphatic heterocycles. The zero-order valence-corrected chi connectivity index (χ0v) is 28.3. The number of hydrogen-bond acceptors (Lipinski definition) is 18. The molecule has 48 heavy (non-hydrogen) atoms. The second-order valence-electron chi connectivity index (χ2n) is 11.9. The Bertz CT molecular complexity index is 1190. The Hall–Kier alpha value is -3.42. The monoisotopic (exact) mass is 692 g/mol. The van der Waals surface area contributed by atoms with E-state index in [9.17, 15) is 28.8 Å². The van der Waals surface area contributed by atoms with Crippen LogP contribution >= 0.6 is 0 Å². The van der Waals surface area contributed by atoms with Crippen molar-refractivity contribution in [3.63, 3.8) is 0 Å². The maximum atomic E-state index is 12.4. The van der Waals surface area contributed by atoms with E-state index in [1.54, 1.807) is 0 Å². The highest BCUT2D eigenvalue weighted by atomic mass is 16.9. The lowest BCUT2D eigenvalue weighted by atomic mass is 9.96. The van der Waals surface area contributed by atoms with Crippen LogP contribution in [0.3, 0.4) is 0 Å². The lowest BCUT2D eigenvalue weighted by molar-refractivity contribution is -0.353. The van der Waals surface area contributed by atoms with Gasteiger partial charge in [-0.3, -0.25) is 33.5 Å². The molecule has 0 aromatic rings. The molecule has 18 nitrogen and oxygen atoms in total. The summed E-state index contributed by atoms with van der Waals surface area (Å²) >= 11 is 0. The molecule has 0 N–H and O–H groups in total. The van der Waals surface area contributed by atoms with Gasteiger partial charge in [-0.05, 0) is 5.92 Å². The van der Waals surface area contributed by atoms with Gasteiger partial charge in [-0.15, -0.1) is 0 Å². The van der Waals surface area contributed by atoms with Gasteiger partial charge in [0.2, 0.25) is 0 Å². The summed E-state index contributed by atoms with van der Waals surface area (Å²) in [5.41, 5.74) is 0. The fraction of sp³-hybridized carbons (Fsp3) is 0.800. The van der Waals surface area contributed by atoms with E-state index in [4.69, 9.17) is 56.8 Å². The van der Waals surface area contributed by atoms with E-state index in [1.165, 1.54) is 6.92 Å². The molecule has 272 valence electrons. The molecule has 0 aromatic heterocycles. The SMILES string of the molecule is CC(=O)OC[C@H]1O[C@@H](O[C@H]2[C@H](OC(C)=O)[C@H]3OC(C)(OCC(C)C)O[C@H]3O[C@@H]2COC(C)=O)[C@H](OC(C)=O)[C@@H](OC(C)=O)[C@@H]1OC(C)=O. The lowest BCUT2D eigenvalue weighted by Gasteiger charge is -2.47. The molecule has 11 atom stereocenters. The van der Waals surface area contributed by atoms with Crippen LogP contribution < -0.4 is 0 Å². The van der Waals surface area contributed by atoms with Crippen LogP contribution in [-0.4, -0.2) is 123 Å². The van der Waals surface area contributed by atoms with E-state index >= 15 is 0 Å². The summed E-state index contributed by atoms with van der Waals surface area (Å²) in [5.74, 6) is -6.25. The molecule has 3 aliphatic rings. The van der Waals surface area contributed by atoms with Gasteiger partial charge in [0.25, 0.3) is 5.97 Å². The Morgan fingerprint density at radius 3 is 1.58 bits per heavy atom. The summed E-state index contributed by atoms with van der Waals surface area (Å²) in [4.78, 5) is 72.7. The second kappa shape index (κ2) is 16.8. The summed E-state index contributed by atoms with van der Waals surface area (Å²) in [6, 6.07) is 0. The van der Waals surface area contributed by atoms with Gasteiger partial charge in [-0.2, -0.15) is 0 Å². The van der Waals surface area contributed by atoms with E-state index in [0.29, 0.717) is 0 Å². The number of ether oxygens (including phenoxy) is 12. The van der Waals surface area contributed by atoms with Crippen molar-refractivity contribution in [3.05, 3.63) is 0 Å². The molecule has 3 rings (SSSR count). The van der Waals surface area contributed by atoms with Gasteiger partial charge < -0.3 is 52.1 Å². The second-order valence-corrected chi connectivity index (χ2v) is 11.9. The lowest BCUT2D eigenvalue weighted by Crippen LogP contribution is -2.66. The summed E-state index contributed by atoms with van der Waals surface area (Å²) in [7, 11) is 0. The van der Waals surface area contributed by atoms with Crippen LogP contribution in [-0.2, 0) is 85.6 Å². The van der Waals surface area contributed by atoms with Gasteiger partial charge in [-0.1, -0.05) is 13.8 Å². The van der Waals surface area contributed by atoms with E-state index in [-0.39, 0.29) is 12.5 Å². The van der Waals surface area contributed by atoms with Crippen molar-refractivity contribution < 1.29 is 85.6 Å². The first-order valence-electron chi connectivity index (χ1n) is 15.3. The summed E-state index contributed by atoms with van der Waals surface area (Å²) in [6.07, 6.45) is -14.0. The van der Waals surface area contributed by atoms with Crippen molar-refractivity contribution in [2.75, 3.05) is 19.8 Å². The summed E-state index contributed by atoms with van der Waals surface area (Å²) in [6.45, 7) is 11.2. The molecule has 3 saturated heterocycles. The fourth-order valence-corrected chi connectivity index (χ4v) is 5.25. The number of hydrogen-bond donors (Lipinski definition) is 0. The smallest absolute Gasteiger partial charge is 0.303 e. The Balaban J connectivity index is 2.08. The molecule has 0 spiro atoms. The minimum atomic E-state index is -1.69. The molecule has 1 unspecified atom stereocenters. The Labute approximate surface area is 277 Å². The van der Waals surface area contributed by atoms with E-state index in [2.05, 4.69) is 0 Å². The molecule has 3 fully saturated rings. The van der Waals surface area contributed by atoms with Crippen molar-refractivity contribution in [2.24, 2.45) is 5.92 Å². The van der Waals surface area contributed by atoms with E-state index < -0.39 is 116 Å². The fourth-order valence-electron chi connectivity index (χ4n) is 5.25. The normalized spacial score (nSPS) is 34.4. The molecule has 0 saturated carbocycles. The van der Waals surface area contributed by atoms with Gasteiger partial charge in [0.15, 0.2) is 43.1 Å². The van der Waals surface area contributed by atoms with Crippen LogP contribution in [0.15, 0.2) is 0 Å². The van der Waals surface area contributed by atoms with Crippen LogP contribution in [0.25, 0.3) is 0 Å². The number of fused-ring (bicyclic) bond motifs is 1. The van der Waals surface area contributed by atoms with E-state index in [0.717, 1.165) is 41.5 Å². The molecule has 3 heterocycles. The summed E-state index contributed by atoms with van der Waals surface area (Å²) in [5, 5.41) is 0. The number of esters is 6. The average Bonchev–Trinajstić information content (AvgIpc) is 3.29. The highest BCUT2D eigenvalue weighted by Gasteiger charge is 2.61. The van der Waals surface area contributed by atoms with Crippen LogP contribution in [0.5, 0.6) is 0 Å². The first-order valence-corrected chi connectivity index (χ1v) is 15.3. The third-order valence-electron chi connectivity index (χ3n) is 6.94. The highest BCUT2D eigenvalue weighted by Crippen LogP contribution is 2.41. The topological polar surface area (TPSA) is 213 Å². The molecular weight excluding hydrogens is 648 g/mol. The minimum absolute atomic E-state index is 0.0946. The first-order chi connectivity index (χ1) is 22.4. The molecule has 0 bridgehead atoms. The molecule has 0 radical (unpaired) electrons. The number of carbonyl (C=O) groups is 6. The Morgan fingerprint density at radius 2 is 1.08 bits per heavy atom. The molecule has 18 heteroatoms. The van der Waals surface area contributed by atoms with Crippen molar-refractivity contribution in [1.29, 1.82) is 0 Å². The van der Waals surface area contributed by atoms with Crippen LogP contribution in [0, 0.1) is 5.92 Å². The van der Waals surface area contributed by atoms with Gasteiger partial charge in [0.1, 0.15) is 31.5 Å². The molecule has 0 amide bonds. The van der Waals surface area contributed by atoms with Gasteiger partial charge in [-0.25, -0.2) is 0 Å². The third-order valence-corrected chi connectivity index (χ3v) is 6.94. The quantitative estimate of drug-likeness (QED) is 0.189. The molecule has 0 aliphatic carbocycles. The highest BCUT2D eigenvalue weighted by molar-refractivity contribution is 5.69. The van der Waals surface area contributed by atoms with Gasteiger partial charge in [0.05, 0.1) is 6.61 Å². The maximum absolute atomic E-state index is 12.4.